The quantitative estimate of drug-likeness (QED) is 0.719. The molecule has 0 aromatic rings. The summed E-state index contributed by atoms with van der Waals surface area (Å²) in [6.07, 6.45) is 0. The van der Waals surface area contributed by atoms with Crippen LogP contribution in [0.25, 0.3) is 0 Å². The molecule has 4 nitrogen and oxygen atoms in total. The molecule has 78 valence electrons. The average molecular weight is 225 g/mol. The molecule has 1 unspecified atom stereocenters. The van der Waals surface area contributed by atoms with Gasteiger partial charge >= 0.3 is 0 Å². The molecular weight excluding hydrogens is 210 g/mol. The van der Waals surface area contributed by atoms with Gasteiger partial charge in [-0.3, -0.25) is 0 Å². The largest absolute Gasteiger partial charge is 0.395 e. The van der Waals surface area contributed by atoms with Gasteiger partial charge in [-0.05, 0) is 0 Å². The minimum absolute atomic E-state index is 0.148. The van der Waals surface area contributed by atoms with Crippen molar-refractivity contribution >= 4 is 21.8 Å². The molecule has 1 aliphatic rings. The van der Waals surface area contributed by atoms with E-state index < -0.39 is 10.0 Å². The van der Waals surface area contributed by atoms with Crippen LogP contribution in [0.5, 0.6) is 0 Å². The highest BCUT2D eigenvalue weighted by Gasteiger charge is 2.26. The van der Waals surface area contributed by atoms with Crippen molar-refractivity contribution in [1.82, 2.24) is 4.31 Å². The third-order valence-electron chi connectivity index (χ3n) is 1.95. The number of aliphatic hydroxyl groups is 1. The fourth-order valence-corrected chi connectivity index (χ4v) is 3.82. The molecule has 1 N–H and O–H groups in total. The van der Waals surface area contributed by atoms with Crippen LogP contribution in [-0.2, 0) is 10.0 Å². The zero-order valence-corrected chi connectivity index (χ0v) is 9.27. The Bertz CT molecular complexity index is 252. The highest BCUT2D eigenvalue weighted by atomic mass is 32.2. The molecule has 6 heteroatoms. The van der Waals surface area contributed by atoms with E-state index in [4.69, 9.17) is 5.11 Å². The van der Waals surface area contributed by atoms with Crippen molar-refractivity contribution in [3.63, 3.8) is 0 Å². The Balaban J connectivity index is 2.60. The van der Waals surface area contributed by atoms with E-state index in [1.165, 1.54) is 4.31 Å². The van der Waals surface area contributed by atoms with Crippen LogP contribution in [-0.4, -0.2) is 54.3 Å². The van der Waals surface area contributed by atoms with Crippen molar-refractivity contribution < 1.29 is 13.5 Å². The summed E-state index contributed by atoms with van der Waals surface area (Å²) in [6, 6.07) is 0. The number of aliphatic hydroxyl groups excluding tert-OH is 1. The van der Waals surface area contributed by atoms with Gasteiger partial charge < -0.3 is 5.11 Å². The average Bonchev–Trinajstić information content (AvgIpc) is 2.04. The van der Waals surface area contributed by atoms with Crippen LogP contribution in [0, 0.1) is 0 Å². The lowest BCUT2D eigenvalue weighted by Gasteiger charge is -2.29. The van der Waals surface area contributed by atoms with Crippen molar-refractivity contribution in [2.24, 2.45) is 0 Å². The van der Waals surface area contributed by atoms with Gasteiger partial charge in [-0.25, -0.2) is 8.42 Å². The molecule has 1 heterocycles. The Morgan fingerprint density at radius 2 is 2.31 bits per heavy atom. The highest BCUT2D eigenvalue weighted by molar-refractivity contribution is 8.00. The standard InChI is InChI=1S/C7H15NO3S2/c1-7-6-8(2-4-12-7)13(10,11)5-3-9/h7,9H,2-6H2,1H3. The van der Waals surface area contributed by atoms with E-state index >= 15 is 0 Å². The lowest BCUT2D eigenvalue weighted by molar-refractivity contribution is 0.314. The second-order valence-corrected chi connectivity index (χ2v) is 6.71. The number of nitrogens with zero attached hydrogens (tertiary/aromatic N) is 1. The maximum Gasteiger partial charge on any atom is 0.216 e. The summed E-state index contributed by atoms with van der Waals surface area (Å²) >= 11 is 1.79. The van der Waals surface area contributed by atoms with Gasteiger partial charge in [0.1, 0.15) is 0 Å². The predicted molar refractivity (Wildman–Crippen MR) is 54.4 cm³/mol. The van der Waals surface area contributed by atoms with E-state index in [-0.39, 0.29) is 12.4 Å². The Hall–Kier alpha value is 0.220. The van der Waals surface area contributed by atoms with Gasteiger partial charge in [-0.15, -0.1) is 0 Å². The lowest BCUT2D eigenvalue weighted by atomic mass is 10.4. The molecule has 13 heavy (non-hydrogen) atoms. The van der Waals surface area contributed by atoms with E-state index in [9.17, 15) is 8.42 Å². The Labute approximate surface area is 83.4 Å². The normalized spacial score (nSPS) is 26.2. The summed E-state index contributed by atoms with van der Waals surface area (Å²) in [6.45, 7) is 2.88. The smallest absolute Gasteiger partial charge is 0.216 e. The summed E-state index contributed by atoms with van der Waals surface area (Å²) in [4.78, 5) is 0. The van der Waals surface area contributed by atoms with Crippen LogP contribution in [0.15, 0.2) is 0 Å². The van der Waals surface area contributed by atoms with Crippen molar-refractivity contribution in [3.05, 3.63) is 0 Å². The molecular formula is C7H15NO3S2. The van der Waals surface area contributed by atoms with Crippen molar-refractivity contribution in [3.8, 4) is 0 Å². The predicted octanol–water partition coefficient (Wildman–Crippen LogP) is -0.254. The fourth-order valence-electron chi connectivity index (χ4n) is 1.28. The molecule has 0 aliphatic carbocycles. The minimum atomic E-state index is -3.20. The van der Waals surface area contributed by atoms with Crippen LogP contribution in [0.1, 0.15) is 6.92 Å². The van der Waals surface area contributed by atoms with Gasteiger partial charge in [-0.1, -0.05) is 6.92 Å². The van der Waals surface area contributed by atoms with Crippen LogP contribution >= 0.6 is 11.8 Å². The van der Waals surface area contributed by atoms with Gasteiger partial charge in [0.2, 0.25) is 10.0 Å². The molecule has 0 amide bonds. The number of sulfonamides is 1. The van der Waals surface area contributed by atoms with Crippen LogP contribution in [0.3, 0.4) is 0 Å². The van der Waals surface area contributed by atoms with Crippen molar-refractivity contribution in [1.29, 1.82) is 0 Å². The van der Waals surface area contributed by atoms with Crippen molar-refractivity contribution in [2.75, 3.05) is 31.2 Å². The molecule has 0 spiro atoms. The van der Waals surface area contributed by atoms with Gasteiger partial charge in [0.25, 0.3) is 0 Å². The first-order valence-electron chi connectivity index (χ1n) is 4.26. The SMILES string of the molecule is CC1CN(S(=O)(=O)CCO)CCS1. The van der Waals surface area contributed by atoms with E-state index in [0.717, 1.165) is 5.75 Å². The lowest BCUT2D eigenvalue weighted by Crippen LogP contribution is -2.42. The summed E-state index contributed by atoms with van der Waals surface area (Å²) in [5.74, 6) is 0.705. The van der Waals surface area contributed by atoms with E-state index in [1.54, 1.807) is 11.8 Å². The number of rotatable bonds is 3. The first-order chi connectivity index (χ1) is 6.06. The number of hydrogen-bond donors (Lipinski definition) is 1. The Kier molecular flexibility index (Phi) is 4.03. The van der Waals surface area contributed by atoms with E-state index in [2.05, 4.69) is 0 Å². The minimum Gasteiger partial charge on any atom is -0.395 e. The first kappa shape index (κ1) is 11.3. The molecule has 0 bridgehead atoms. The number of hydrogen-bond acceptors (Lipinski definition) is 4. The zero-order valence-electron chi connectivity index (χ0n) is 7.64. The van der Waals surface area contributed by atoms with Crippen LogP contribution in [0.2, 0.25) is 0 Å². The Morgan fingerprint density at radius 3 is 2.85 bits per heavy atom. The molecule has 1 fully saturated rings. The molecule has 0 saturated carbocycles. The summed E-state index contributed by atoms with van der Waals surface area (Å²) in [5, 5.41) is 8.95. The first-order valence-corrected chi connectivity index (χ1v) is 6.92. The molecule has 0 aromatic heterocycles. The topological polar surface area (TPSA) is 57.6 Å². The second-order valence-electron chi connectivity index (χ2n) is 3.08. The van der Waals surface area contributed by atoms with E-state index in [0.29, 0.717) is 18.3 Å². The summed E-state index contributed by atoms with van der Waals surface area (Å²) < 4.78 is 24.5. The molecule has 1 atom stereocenters. The van der Waals surface area contributed by atoms with Gasteiger partial charge in [0.05, 0.1) is 12.4 Å². The monoisotopic (exact) mass is 225 g/mol. The third-order valence-corrected chi connectivity index (χ3v) is 4.90. The summed E-state index contributed by atoms with van der Waals surface area (Å²) in [7, 11) is -3.20. The molecule has 0 radical (unpaired) electrons. The maximum absolute atomic E-state index is 11.5. The molecule has 0 aromatic carbocycles. The molecule has 1 rings (SSSR count). The molecule has 1 saturated heterocycles. The maximum atomic E-state index is 11.5. The van der Waals surface area contributed by atoms with Crippen LogP contribution < -0.4 is 0 Å². The second kappa shape index (κ2) is 4.63. The van der Waals surface area contributed by atoms with Gasteiger partial charge in [0.15, 0.2) is 0 Å². The highest BCUT2D eigenvalue weighted by Crippen LogP contribution is 2.19. The summed E-state index contributed by atoms with van der Waals surface area (Å²) in [5.41, 5.74) is 0. The fraction of sp³-hybridized carbons (Fsp3) is 1.00. The van der Waals surface area contributed by atoms with Crippen LogP contribution in [0.4, 0.5) is 0 Å². The Morgan fingerprint density at radius 1 is 1.62 bits per heavy atom. The van der Waals surface area contributed by atoms with Gasteiger partial charge in [-0.2, -0.15) is 16.1 Å². The van der Waals surface area contributed by atoms with Gasteiger partial charge in [0, 0.05) is 24.1 Å². The third kappa shape index (κ3) is 3.12. The number of thioether (sulfide) groups is 1. The van der Waals surface area contributed by atoms with E-state index in [1.807, 2.05) is 6.92 Å². The molecule has 1 aliphatic heterocycles. The van der Waals surface area contributed by atoms with Crippen molar-refractivity contribution in [2.45, 2.75) is 12.2 Å². The zero-order chi connectivity index (χ0) is 9.90.